The fourth-order valence-corrected chi connectivity index (χ4v) is 4.28. The summed E-state index contributed by atoms with van der Waals surface area (Å²) in [5, 5.41) is 19.8. The average molecular weight is 496 g/mol. The Balaban J connectivity index is 1.75. The Hall–Kier alpha value is -2.07. The van der Waals surface area contributed by atoms with Crippen molar-refractivity contribution in [3.63, 3.8) is 0 Å². The van der Waals surface area contributed by atoms with Gasteiger partial charge in [-0.15, -0.1) is 0 Å². The predicted molar refractivity (Wildman–Crippen MR) is 114 cm³/mol. The van der Waals surface area contributed by atoms with Gasteiger partial charge in [-0.25, -0.2) is 9.69 Å². The number of nitrogens with zero attached hydrogens (tertiary/aromatic N) is 1. The van der Waals surface area contributed by atoms with Gasteiger partial charge in [0.25, 0.3) is 0 Å². The highest BCUT2D eigenvalue weighted by atomic mass is 79.9. The third-order valence-electron chi connectivity index (χ3n) is 5.52. The Morgan fingerprint density at radius 1 is 1.29 bits per heavy atom. The number of aliphatic hydroxyl groups is 2. The van der Waals surface area contributed by atoms with Gasteiger partial charge >= 0.3 is 6.09 Å². The van der Waals surface area contributed by atoms with Gasteiger partial charge in [-0.1, -0.05) is 37.3 Å². The summed E-state index contributed by atoms with van der Waals surface area (Å²) in [4.78, 5) is 39.1. The number of imide groups is 1. The van der Waals surface area contributed by atoms with E-state index in [0.29, 0.717) is 19.3 Å². The summed E-state index contributed by atoms with van der Waals surface area (Å²) in [5.41, 5.74) is 0.950. The highest BCUT2D eigenvalue weighted by molar-refractivity contribution is 9.11. The second-order valence-electron chi connectivity index (χ2n) is 7.82. The van der Waals surface area contributed by atoms with E-state index in [9.17, 15) is 19.5 Å². The van der Waals surface area contributed by atoms with Gasteiger partial charge in [-0.3, -0.25) is 9.59 Å². The fraction of sp³-hybridized carbons (Fsp3) is 0.500. The molecule has 3 rings (SSSR count). The normalized spacial score (nSPS) is 27.1. The lowest BCUT2D eigenvalue weighted by Crippen LogP contribution is -2.52. The van der Waals surface area contributed by atoms with Gasteiger partial charge in [0.2, 0.25) is 5.91 Å². The molecule has 2 heterocycles. The van der Waals surface area contributed by atoms with E-state index in [4.69, 9.17) is 14.6 Å². The number of carbonyl (C=O) groups excluding carboxylic acids is 3. The number of amides is 2. The summed E-state index contributed by atoms with van der Waals surface area (Å²) in [5.74, 6) is -3.87. The van der Waals surface area contributed by atoms with Gasteiger partial charge in [0.15, 0.2) is 11.6 Å². The number of ether oxygens (including phenoxy) is 2. The maximum atomic E-state index is 13.2. The zero-order valence-corrected chi connectivity index (χ0v) is 18.8. The molecular weight excluding hydrogens is 470 g/mol. The number of hydrogen-bond donors (Lipinski definition) is 2. The zero-order chi connectivity index (χ0) is 22.6. The molecule has 0 radical (unpaired) electrons. The lowest BCUT2D eigenvalue weighted by molar-refractivity contribution is -0.217. The first-order chi connectivity index (χ1) is 14.8. The van der Waals surface area contributed by atoms with Crippen LogP contribution in [-0.4, -0.2) is 64.0 Å². The van der Waals surface area contributed by atoms with Crippen LogP contribution in [0.15, 0.2) is 40.9 Å². The van der Waals surface area contributed by atoms with Crippen LogP contribution in [0.1, 0.15) is 31.7 Å². The first-order valence-electron chi connectivity index (χ1n) is 10.2. The first kappa shape index (κ1) is 23.6. The molecule has 2 aliphatic heterocycles. The van der Waals surface area contributed by atoms with Gasteiger partial charge in [0.05, 0.1) is 16.4 Å². The minimum atomic E-state index is -1.78. The number of halogens is 1. The van der Waals surface area contributed by atoms with Crippen LogP contribution in [0.25, 0.3) is 0 Å². The molecule has 0 bridgehead atoms. The van der Waals surface area contributed by atoms with E-state index in [1.54, 1.807) is 0 Å². The molecule has 0 spiro atoms. The van der Waals surface area contributed by atoms with E-state index in [1.165, 1.54) is 13.0 Å². The number of ketones is 1. The van der Waals surface area contributed by atoms with E-state index < -0.39 is 41.6 Å². The standard InChI is InChI=1S/C22H26BrNO7/c1-14(19-17(26)12-18(23)22(29,31-19)9-5-6-10-25)20(27)24-16(13-30-21(24)28)11-15-7-3-2-4-8-15/h2-4,7-8,12,14,16,19,25,29H,5-6,9-11,13H2,1H3/t14-,16-,19-,22+/m1/s1. The molecule has 0 unspecified atom stereocenters. The number of unbranched alkanes of at least 4 members (excludes halogenated alkanes) is 1. The summed E-state index contributed by atoms with van der Waals surface area (Å²) in [7, 11) is 0. The maximum absolute atomic E-state index is 13.2. The van der Waals surface area contributed by atoms with Crippen molar-refractivity contribution in [3.05, 3.63) is 46.5 Å². The number of carbonyl (C=O) groups is 3. The zero-order valence-electron chi connectivity index (χ0n) is 17.2. The van der Waals surface area contributed by atoms with Crippen molar-refractivity contribution in [1.29, 1.82) is 0 Å². The molecule has 1 saturated heterocycles. The van der Waals surface area contributed by atoms with Crippen molar-refractivity contribution in [2.45, 2.75) is 50.5 Å². The highest BCUT2D eigenvalue weighted by Crippen LogP contribution is 2.37. The van der Waals surface area contributed by atoms with Gasteiger partial charge in [0.1, 0.15) is 12.7 Å². The number of hydrogen-bond acceptors (Lipinski definition) is 7. The van der Waals surface area contributed by atoms with Gasteiger partial charge in [-0.2, -0.15) is 0 Å². The van der Waals surface area contributed by atoms with Gasteiger partial charge in [0, 0.05) is 13.0 Å². The number of rotatable bonds is 8. The maximum Gasteiger partial charge on any atom is 0.416 e. The Labute approximate surface area is 188 Å². The van der Waals surface area contributed by atoms with Crippen molar-refractivity contribution >= 4 is 33.7 Å². The van der Waals surface area contributed by atoms with Crippen LogP contribution in [-0.2, 0) is 25.5 Å². The van der Waals surface area contributed by atoms with E-state index in [0.717, 1.165) is 10.5 Å². The van der Waals surface area contributed by atoms with Crippen LogP contribution in [0.4, 0.5) is 4.79 Å². The molecule has 2 N–H and O–H groups in total. The van der Waals surface area contributed by atoms with Gasteiger partial charge < -0.3 is 19.7 Å². The van der Waals surface area contributed by atoms with E-state index in [-0.39, 0.29) is 24.1 Å². The lowest BCUT2D eigenvalue weighted by Gasteiger charge is -2.37. The summed E-state index contributed by atoms with van der Waals surface area (Å²) in [6, 6.07) is 8.93. The lowest BCUT2D eigenvalue weighted by atomic mass is 9.93. The number of benzene rings is 1. The quantitative estimate of drug-likeness (QED) is 0.531. The first-order valence-corrected chi connectivity index (χ1v) is 11.0. The molecule has 1 fully saturated rings. The Morgan fingerprint density at radius 2 is 2.00 bits per heavy atom. The molecule has 0 aliphatic carbocycles. The van der Waals surface area contributed by atoms with Crippen LogP contribution in [0.3, 0.4) is 0 Å². The fourth-order valence-electron chi connectivity index (χ4n) is 3.76. The highest BCUT2D eigenvalue weighted by Gasteiger charge is 2.48. The molecule has 4 atom stereocenters. The Bertz CT molecular complexity index is 859. The Kier molecular flexibility index (Phi) is 7.64. The minimum Gasteiger partial charge on any atom is -0.447 e. The molecule has 168 valence electrons. The second kappa shape index (κ2) is 10.0. The number of aliphatic hydroxyl groups excluding tert-OH is 1. The second-order valence-corrected chi connectivity index (χ2v) is 8.67. The molecule has 0 saturated carbocycles. The summed E-state index contributed by atoms with van der Waals surface area (Å²) >= 11 is 3.17. The molecule has 1 aromatic carbocycles. The topological polar surface area (TPSA) is 113 Å². The van der Waals surface area contributed by atoms with Crippen molar-refractivity contribution in [3.8, 4) is 0 Å². The molecule has 2 amide bonds. The Morgan fingerprint density at radius 3 is 2.68 bits per heavy atom. The van der Waals surface area contributed by atoms with Gasteiger partial charge in [-0.05, 0) is 46.8 Å². The molecule has 9 heteroatoms. The minimum absolute atomic E-state index is 0.0332. The molecule has 8 nitrogen and oxygen atoms in total. The van der Waals surface area contributed by atoms with Crippen LogP contribution in [0, 0.1) is 5.92 Å². The van der Waals surface area contributed by atoms with E-state index in [2.05, 4.69) is 15.9 Å². The van der Waals surface area contributed by atoms with E-state index >= 15 is 0 Å². The molecular formula is C22H26BrNO7. The number of cyclic esters (lactones) is 1. The third-order valence-corrected chi connectivity index (χ3v) is 6.37. The smallest absolute Gasteiger partial charge is 0.416 e. The summed E-state index contributed by atoms with van der Waals surface area (Å²) < 4.78 is 11.0. The molecule has 0 aromatic heterocycles. The predicted octanol–water partition coefficient (Wildman–Crippen LogP) is 2.31. The summed E-state index contributed by atoms with van der Waals surface area (Å²) in [6.45, 7) is 1.54. The van der Waals surface area contributed by atoms with Crippen molar-refractivity contribution < 1.29 is 34.1 Å². The average Bonchev–Trinajstić information content (AvgIpc) is 3.11. The van der Waals surface area contributed by atoms with E-state index in [1.807, 2.05) is 30.3 Å². The SMILES string of the molecule is C[C@@H](C(=O)N1C(=O)OC[C@H]1Cc1ccccc1)[C@H]1O[C@@](O)(CCCCO)C(Br)=CC1=O. The monoisotopic (exact) mass is 495 g/mol. The van der Waals surface area contributed by atoms with Crippen LogP contribution in [0.5, 0.6) is 0 Å². The summed E-state index contributed by atoms with van der Waals surface area (Å²) in [6.07, 6.45) is 0.686. The van der Waals surface area contributed by atoms with Crippen molar-refractivity contribution in [2.75, 3.05) is 13.2 Å². The molecule has 31 heavy (non-hydrogen) atoms. The van der Waals surface area contributed by atoms with Crippen LogP contribution < -0.4 is 0 Å². The van der Waals surface area contributed by atoms with Crippen molar-refractivity contribution in [2.24, 2.45) is 5.92 Å². The third kappa shape index (κ3) is 5.23. The molecule has 1 aromatic rings. The largest absolute Gasteiger partial charge is 0.447 e. The van der Waals surface area contributed by atoms with Crippen molar-refractivity contribution in [1.82, 2.24) is 4.90 Å². The van der Waals surface area contributed by atoms with Crippen LogP contribution >= 0.6 is 15.9 Å². The van der Waals surface area contributed by atoms with Crippen LogP contribution in [0.2, 0.25) is 0 Å². The molecule has 2 aliphatic rings.